The molecule has 4 aromatic rings. The molecule has 0 aliphatic heterocycles. The first-order valence-corrected chi connectivity index (χ1v) is 11.7. The Morgan fingerprint density at radius 1 is 1.10 bits per heavy atom. The van der Waals surface area contributed by atoms with Gasteiger partial charge in [-0.25, -0.2) is 22.2 Å². The van der Waals surface area contributed by atoms with Crippen molar-refractivity contribution < 1.29 is 22.0 Å². The number of nitrogens with zero attached hydrogens (tertiary/aromatic N) is 3. The van der Waals surface area contributed by atoms with E-state index in [2.05, 4.69) is 9.97 Å². The van der Waals surface area contributed by atoms with Crippen LogP contribution < -0.4 is 4.90 Å². The fourth-order valence-electron chi connectivity index (χ4n) is 2.96. The Balaban J connectivity index is 1.82. The van der Waals surface area contributed by atoms with E-state index >= 15 is 0 Å². The Labute approximate surface area is 180 Å². The highest BCUT2D eigenvalue weighted by Gasteiger charge is 2.24. The molecule has 0 atom stereocenters. The summed E-state index contributed by atoms with van der Waals surface area (Å²) in [5.74, 6) is -2.12. The molecule has 0 N–H and O–H groups in total. The van der Waals surface area contributed by atoms with Gasteiger partial charge in [-0.15, -0.1) is 0 Å². The third kappa shape index (κ3) is 4.44. The van der Waals surface area contributed by atoms with Crippen molar-refractivity contribution in [3.63, 3.8) is 0 Å². The van der Waals surface area contributed by atoms with Gasteiger partial charge in [0.2, 0.25) is 0 Å². The predicted octanol–water partition coefficient (Wildman–Crippen LogP) is 4.22. The molecule has 2 aromatic carbocycles. The molecular formula is C21H15F2N3O3S2. The topological polar surface area (TPSA) is 80.2 Å². The minimum atomic E-state index is -3.53. The second-order valence-corrected chi connectivity index (χ2v) is 9.77. The quantitative estimate of drug-likeness (QED) is 0.446. The first-order chi connectivity index (χ1) is 14.7. The second-order valence-electron chi connectivity index (χ2n) is 6.74. The van der Waals surface area contributed by atoms with E-state index in [9.17, 15) is 22.0 Å². The number of aromatic nitrogens is 2. The van der Waals surface area contributed by atoms with Gasteiger partial charge < -0.3 is 0 Å². The molecule has 158 valence electrons. The van der Waals surface area contributed by atoms with Crippen molar-refractivity contribution in [3.8, 4) is 0 Å². The molecule has 1 amide bonds. The van der Waals surface area contributed by atoms with Crippen LogP contribution in [0.5, 0.6) is 0 Å². The van der Waals surface area contributed by atoms with Crippen LogP contribution in [0, 0.1) is 11.6 Å². The lowest BCUT2D eigenvalue weighted by molar-refractivity contribution is 0.0984. The molecule has 2 aromatic heterocycles. The third-order valence-corrected chi connectivity index (χ3v) is 6.57. The average Bonchev–Trinajstić information content (AvgIpc) is 3.16. The minimum absolute atomic E-state index is 0.00597. The molecule has 0 spiro atoms. The summed E-state index contributed by atoms with van der Waals surface area (Å²) in [6.45, 7) is 0.00665. The number of sulfone groups is 1. The Bertz CT molecular complexity index is 1390. The largest absolute Gasteiger partial charge is 0.278 e. The molecule has 0 aliphatic carbocycles. The monoisotopic (exact) mass is 459 g/mol. The maximum absolute atomic E-state index is 14.2. The molecule has 0 bridgehead atoms. The van der Waals surface area contributed by atoms with Gasteiger partial charge >= 0.3 is 0 Å². The maximum atomic E-state index is 14.2. The first kappa shape index (κ1) is 21.0. The summed E-state index contributed by atoms with van der Waals surface area (Å²) >= 11 is 0.954. The van der Waals surface area contributed by atoms with E-state index < -0.39 is 27.4 Å². The Morgan fingerprint density at radius 3 is 2.61 bits per heavy atom. The molecule has 0 saturated heterocycles. The number of halogens is 2. The fourth-order valence-corrected chi connectivity index (χ4v) is 4.63. The van der Waals surface area contributed by atoms with Crippen molar-refractivity contribution in [2.24, 2.45) is 0 Å². The molecule has 0 radical (unpaired) electrons. The van der Waals surface area contributed by atoms with Gasteiger partial charge in [-0.2, -0.15) is 0 Å². The van der Waals surface area contributed by atoms with E-state index in [1.165, 1.54) is 29.2 Å². The summed E-state index contributed by atoms with van der Waals surface area (Å²) in [6.07, 6.45) is 2.61. The second kappa shape index (κ2) is 8.12. The summed E-state index contributed by atoms with van der Waals surface area (Å²) in [6, 6.07) is 12.7. The summed E-state index contributed by atoms with van der Waals surface area (Å²) in [5.41, 5.74) is 0.607. The Hall–Kier alpha value is -3.24. The zero-order chi connectivity index (χ0) is 22.2. The number of fused-ring (bicyclic) bond motifs is 1. The van der Waals surface area contributed by atoms with Crippen LogP contribution in [0.1, 0.15) is 16.1 Å². The van der Waals surface area contributed by atoms with E-state index in [-0.39, 0.29) is 32.4 Å². The van der Waals surface area contributed by atoms with Crippen LogP contribution in [0.25, 0.3) is 10.2 Å². The number of rotatable bonds is 5. The van der Waals surface area contributed by atoms with Crippen LogP contribution in [0.4, 0.5) is 13.9 Å². The van der Waals surface area contributed by atoms with Gasteiger partial charge in [-0.05, 0) is 36.4 Å². The van der Waals surface area contributed by atoms with Gasteiger partial charge in [-0.1, -0.05) is 23.5 Å². The number of pyridine rings is 1. The smallest absolute Gasteiger partial charge is 0.260 e. The average molecular weight is 459 g/mol. The number of carbonyl (C=O) groups is 1. The van der Waals surface area contributed by atoms with E-state index in [4.69, 9.17) is 0 Å². The van der Waals surface area contributed by atoms with Gasteiger partial charge in [-0.3, -0.25) is 14.7 Å². The van der Waals surface area contributed by atoms with E-state index in [0.29, 0.717) is 5.69 Å². The van der Waals surface area contributed by atoms with E-state index in [1.807, 2.05) is 0 Å². The SMILES string of the molecule is CS(=O)(=O)c1cccc(C(=O)N(Cc2ccccn2)c2nc3c(F)cc(F)cc3s2)c1. The number of thiazole rings is 1. The lowest BCUT2D eigenvalue weighted by Crippen LogP contribution is -2.30. The van der Waals surface area contributed by atoms with Crippen LogP contribution in [-0.2, 0) is 16.4 Å². The number of anilines is 1. The molecule has 0 aliphatic rings. The zero-order valence-corrected chi connectivity index (χ0v) is 17.8. The van der Waals surface area contributed by atoms with Crippen molar-refractivity contribution in [2.45, 2.75) is 11.4 Å². The molecule has 2 heterocycles. The van der Waals surface area contributed by atoms with Crippen molar-refractivity contribution in [1.29, 1.82) is 0 Å². The van der Waals surface area contributed by atoms with Crippen molar-refractivity contribution in [3.05, 3.63) is 83.7 Å². The van der Waals surface area contributed by atoms with Crippen LogP contribution in [0.3, 0.4) is 0 Å². The Morgan fingerprint density at radius 2 is 1.90 bits per heavy atom. The highest BCUT2D eigenvalue weighted by Crippen LogP contribution is 2.32. The predicted molar refractivity (Wildman–Crippen MR) is 114 cm³/mol. The summed E-state index contributed by atoms with van der Waals surface area (Å²) in [7, 11) is -3.53. The van der Waals surface area contributed by atoms with Crippen molar-refractivity contribution in [1.82, 2.24) is 9.97 Å². The number of benzene rings is 2. The molecule has 10 heteroatoms. The maximum Gasteiger partial charge on any atom is 0.260 e. The third-order valence-electron chi connectivity index (χ3n) is 4.43. The van der Waals surface area contributed by atoms with Gasteiger partial charge in [0.05, 0.1) is 21.8 Å². The summed E-state index contributed by atoms with van der Waals surface area (Å²) in [5, 5.41) is 0.139. The number of hydrogen-bond acceptors (Lipinski definition) is 6. The van der Waals surface area contributed by atoms with Crippen LogP contribution >= 0.6 is 11.3 Å². The van der Waals surface area contributed by atoms with E-state index in [1.54, 1.807) is 24.4 Å². The number of hydrogen-bond donors (Lipinski definition) is 0. The lowest BCUT2D eigenvalue weighted by Gasteiger charge is -2.20. The molecule has 31 heavy (non-hydrogen) atoms. The number of amides is 1. The lowest BCUT2D eigenvalue weighted by atomic mass is 10.2. The number of carbonyl (C=O) groups excluding carboxylic acids is 1. The molecule has 0 unspecified atom stereocenters. The molecule has 0 fully saturated rings. The molecular weight excluding hydrogens is 444 g/mol. The van der Waals surface area contributed by atoms with Crippen LogP contribution in [0.15, 0.2) is 65.7 Å². The Kier molecular flexibility index (Phi) is 5.50. The minimum Gasteiger partial charge on any atom is -0.278 e. The standard InChI is InChI=1S/C21H15F2N3O3S2/c1-31(28,29)16-7-4-5-13(9-16)20(27)26(12-15-6-2-3-8-24-15)21-25-19-17(23)10-14(22)11-18(19)30-21/h2-11H,12H2,1H3. The summed E-state index contributed by atoms with van der Waals surface area (Å²) in [4.78, 5) is 23.0. The van der Waals surface area contributed by atoms with Crippen molar-refractivity contribution >= 4 is 42.4 Å². The highest BCUT2D eigenvalue weighted by atomic mass is 32.2. The first-order valence-electron chi connectivity index (χ1n) is 9.00. The van der Waals surface area contributed by atoms with E-state index in [0.717, 1.165) is 29.7 Å². The van der Waals surface area contributed by atoms with Gasteiger partial charge in [0, 0.05) is 24.1 Å². The van der Waals surface area contributed by atoms with Crippen molar-refractivity contribution in [2.75, 3.05) is 11.2 Å². The fraction of sp³-hybridized carbons (Fsp3) is 0.0952. The van der Waals surface area contributed by atoms with Crippen LogP contribution in [0.2, 0.25) is 0 Å². The van der Waals surface area contributed by atoms with Gasteiger partial charge in [0.1, 0.15) is 11.3 Å². The van der Waals surface area contributed by atoms with Gasteiger partial charge in [0.25, 0.3) is 5.91 Å². The van der Waals surface area contributed by atoms with Crippen LogP contribution in [-0.4, -0.2) is 30.5 Å². The normalized spacial score (nSPS) is 11.6. The van der Waals surface area contributed by atoms with Gasteiger partial charge in [0.15, 0.2) is 20.8 Å². The zero-order valence-electron chi connectivity index (χ0n) is 16.1. The highest BCUT2D eigenvalue weighted by molar-refractivity contribution is 7.90. The molecule has 6 nitrogen and oxygen atoms in total. The summed E-state index contributed by atoms with van der Waals surface area (Å²) < 4.78 is 51.9. The molecule has 0 saturated carbocycles. The molecule has 4 rings (SSSR count).